The van der Waals surface area contributed by atoms with Crippen molar-refractivity contribution in [3.05, 3.63) is 53.2 Å². The van der Waals surface area contributed by atoms with Crippen LogP contribution in [-0.4, -0.2) is 60.1 Å². The number of hydrogen-bond acceptors (Lipinski definition) is 4. The first-order valence-electron chi connectivity index (χ1n) is 11.4. The number of aryl methyl sites for hydroxylation is 1. The van der Waals surface area contributed by atoms with E-state index in [1.807, 2.05) is 31.2 Å². The van der Waals surface area contributed by atoms with Crippen molar-refractivity contribution in [2.24, 2.45) is 0 Å². The third-order valence-corrected chi connectivity index (χ3v) is 5.73. The molecule has 2 rings (SSSR count). The van der Waals surface area contributed by atoms with Gasteiger partial charge >= 0.3 is 12.2 Å². The topological polar surface area (TPSA) is 51.7 Å². The summed E-state index contributed by atoms with van der Waals surface area (Å²) in [5.74, 6) is -0.0328. The molecule has 1 N–H and O–H groups in total. The number of benzene rings is 1. The van der Waals surface area contributed by atoms with Gasteiger partial charge in [0.05, 0.1) is 11.3 Å². The Balaban J connectivity index is 2.53. The van der Waals surface area contributed by atoms with Gasteiger partial charge in [-0.25, -0.2) is 9.78 Å². The molecule has 2 aromatic rings. The van der Waals surface area contributed by atoms with Gasteiger partial charge in [0.2, 0.25) is 0 Å². The summed E-state index contributed by atoms with van der Waals surface area (Å²) in [6.45, 7) is 11.0. The Hall–Kier alpha value is -2.81. The smallest absolute Gasteiger partial charge is 0.377 e. The van der Waals surface area contributed by atoms with Gasteiger partial charge < -0.3 is 10.2 Å². The monoisotopic (exact) mass is 479 g/mol. The standard InChI is InChI=1S/C25H36F3N5O/c1-17(2)32(18(3)4)14-15-33(24(34)31(6)7)23-22(21(12-13-29-23)25(26,27)28)30-16-20-11-9-8-10-19(20)5/h8-13,17-18,30H,14-16H2,1-7H3. The van der Waals surface area contributed by atoms with Gasteiger partial charge in [-0.1, -0.05) is 24.3 Å². The van der Waals surface area contributed by atoms with Crippen LogP contribution in [0.1, 0.15) is 44.4 Å². The Morgan fingerprint density at radius 1 is 1.03 bits per heavy atom. The van der Waals surface area contributed by atoms with Gasteiger partial charge in [0, 0.05) is 52.0 Å². The summed E-state index contributed by atoms with van der Waals surface area (Å²) in [7, 11) is 3.15. The predicted molar refractivity (Wildman–Crippen MR) is 131 cm³/mol. The molecule has 0 bridgehead atoms. The average molecular weight is 480 g/mol. The molecule has 1 aromatic heterocycles. The van der Waals surface area contributed by atoms with Crippen LogP contribution in [0.3, 0.4) is 0 Å². The van der Waals surface area contributed by atoms with Crippen LogP contribution in [0.25, 0.3) is 0 Å². The van der Waals surface area contributed by atoms with Gasteiger partial charge in [-0.15, -0.1) is 0 Å². The lowest BCUT2D eigenvalue weighted by molar-refractivity contribution is -0.137. The van der Waals surface area contributed by atoms with E-state index in [4.69, 9.17) is 0 Å². The highest BCUT2D eigenvalue weighted by Crippen LogP contribution is 2.39. The molecule has 34 heavy (non-hydrogen) atoms. The summed E-state index contributed by atoms with van der Waals surface area (Å²) in [6.07, 6.45) is -3.50. The first-order valence-corrected chi connectivity index (χ1v) is 11.4. The largest absolute Gasteiger partial charge is 0.418 e. The van der Waals surface area contributed by atoms with E-state index in [-0.39, 0.29) is 36.7 Å². The van der Waals surface area contributed by atoms with Crippen molar-refractivity contribution in [2.75, 3.05) is 37.4 Å². The first-order chi connectivity index (χ1) is 15.8. The van der Waals surface area contributed by atoms with Crippen molar-refractivity contribution in [1.82, 2.24) is 14.8 Å². The number of carbonyl (C=O) groups excluding carboxylic acids is 1. The molecule has 0 radical (unpaired) electrons. The Labute approximate surface area is 200 Å². The molecule has 9 heteroatoms. The van der Waals surface area contributed by atoms with E-state index < -0.39 is 17.8 Å². The molecule has 188 valence electrons. The van der Waals surface area contributed by atoms with E-state index in [2.05, 4.69) is 42.9 Å². The number of nitrogens with zero attached hydrogens (tertiary/aromatic N) is 4. The second kappa shape index (κ2) is 11.6. The van der Waals surface area contributed by atoms with Crippen LogP contribution in [0.5, 0.6) is 0 Å². The van der Waals surface area contributed by atoms with Crippen molar-refractivity contribution in [2.45, 2.75) is 59.4 Å². The normalized spacial score (nSPS) is 11.9. The highest BCUT2D eigenvalue weighted by Gasteiger charge is 2.37. The zero-order valence-electron chi connectivity index (χ0n) is 21.1. The van der Waals surface area contributed by atoms with Gasteiger partial charge in [-0.3, -0.25) is 9.80 Å². The molecule has 1 aromatic carbocycles. The van der Waals surface area contributed by atoms with E-state index in [1.54, 1.807) is 14.1 Å². The molecule has 2 amide bonds. The summed E-state index contributed by atoms with van der Waals surface area (Å²) in [6, 6.07) is 8.41. The van der Waals surface area contributed by atoms with Crippen molar-refractivity contribution < 1.29 is 18.0 Å². The lowest BCUT2D eigenvalue weighted by atomic mass is 10.1. The molecular weight excluding hydrogens is 443 g/mol. The van der Waals surface area contributed by atoms with Crippen LogP contribution in [0, 0.1) is 6.92 Å². The van der Waals surface area contributed by atoms with Crippen LogP contribution in [0.2, 0.25) is 0 Å². The fourth-order valence-corrected chi connectivity index (χ4v) is 3.92. The Morgan fingerprint density at radius 2 is 1.65 bits per heavy atom. The van der Waals surface area contributed by atoms with Crippen molar-refractivity contribution in [3.63, 3.8) is 0 Å². The fourth-order valence-electron chi connectivity index (χ4n) is 3.92. The average Bonchev–Trinajstić information content (AvgIpc) is 2.74. The maximum atomic E-state index is 14.0. The number of pyridine rings is 1. The number of rotatable bonds is 9. The third-order valence-electron chi connectivity index (χ3n) is 5.73. The molecule has 0 aliphatic rings. The number of urea groups is 1. The molecule has 0 aliphatic heterocycles. The molecule has 0 aliphatic carbocycles. The highest BCUT2D eigenvalue weighted by molar-refractivity contribution is 5.94. The second-order valence-corrected chi connectivity index (χ2v) is 9.09. The molecule has 0 spiro atoms. The van der Waals surface area contributed by atoms with Gasteiger partial charge in [0.25, 0.3) is 0 Å². The molecule has 0 saturated carbocycles. The molecule has 0 atom stereocenters. The number of carbonyl (C=O) groups is 1. The lowest BCUT2D eigenvalue weighted by Crippen LogP contribution is -2.47. The molecule has 0 fully saturated rings. The van der Waals surface area contributed by atoms with Crippen LogP contribution in [0.4, 0.5) is 29.5 Å². The summed E-state index contributed by atoms with van der Waals surface area (Å²) >= 11 is 0. The molecule has 0 unspecified atom stereocenters. The second-order valence-electron chi connectivity index (χ2n) is 9.09. The zero-order chi connectivity index (χ0) is 25.6. The maximum absolute atomic E-state index is 14.0. The van der Waals surface area contributed by atoms with Gasteiger partial charge in [0.15, 0.2) is 5.82 Å². The summed E-state index contributed by atoms with van der Waals surface area (Å²) in [5.41, 5.74) is 0.766. The number of anilines is 2. The van der Waals surface area contributed by atoms with Crippen LogP contribution in [-0.2, 0) is 12.7 Å². The number of aromatic nitrogens is 1. The van der Waals surface area contributed by atoms with Crippen molar-refractivity contribution in [3.8, 4) is 0 Å². The SMILES string of the molecule is Cc1ccccc1CNc1c(C(F)(F)F)ccnc1N(CCN(C(C)C)C(C)C)C(=O)N(C)C. The van der Waals surface area contributed by atoms with Crippen LogP contribution in [0.15, 0.2) is 36.5 Å². The minimum absolute atomic E-state index is 0.0328. The summed E-state index contributed by atoms with van der Waals surface area (Å²) < 4.78 is 42.0. The minimum atomic E-state index is -4.61. The molecular formula is C25H36F3N5O. The Kier molecular flexibility index (Phi) is 9.32. The Bertz CT molecular complexity index is 952. The zero-order valence-corrected chi connectivity index (χ0v) is 21.1. The van der Waals surface area contributed by atoms with Gasteiger partial charge in [-0.2, -0.15) is 13.2 Å². The van der Waals surface area contributed by atoms with E-state index in [0.29, 0.717) is 6.54 Å². The van der Waals surface area contributed by atoms with E-state index in [0.717, 1.165) is 23.4 Å². The number of amides is 2. The molecule has 0 saturated heterocycles. The number of hydrogen-bond donors (Lipinski definition) is 1. The lowest BCUT2D eigenvalue weighted by Gasteiger charge is -2.34. The number of halogens is 3. The fraction of sp³-hybridized carbons (Fsp3) is 0.520. The van der Waals surface area contributed by atoms with Gasteiger partial charge in [-0.05, 0) is 51.8 Å². The van der Waals surface area contributed by atoms with Crippen LogP contribution < -0.4 is 10.2 Å². The van der Waals surface area contributed by atoms with Crippen molar-refractivity contribution in [1.29, 1.82) is 0 Å². The molecule has 1 heterocycles. The quantitative estimate of drug-likeness (QED) is 0.507. The number of alkyl halides is 3. The third kappa shape index (κ3) is 6.85. The van der Waals surface area contributed by atoms with E-state index in [9.17, 15) is 18.0 Å². The summed E-state index contributed by atoms with van der Waals surface area (Å²) in [4.78, 5) is 22.2. The van der Waals surface area contributed by atoms with E-state index in [1.165, 1.54) is 9.80 Å². The molecule has 6 nitrogen and oxygen atoms in total. The first kappa shape index (κ1) is 27.4. The number of nitrogens with one attached hydrogen (secondary N) is 1. The van der Waals surface area contributed by atoms with Gasteiger partial charge in [0.1, 0.15) is 0 Å². The highest BCUT2D eigenvalue weighted by atomic mass is 19.4. The van der Waals surface area contributed by atoms with Crippen molar-refractivity contribution >= 4 is 17.5 Å². The van der Waals surface area contributed by atoms with E-state index >= 15 is 0 Å². The minimum Gasteiger partial charge on any atom is -0.377 e. The Morgan fingerprint density at radius 3 is 2.18 bits per heavy atom. The van der Waals surface area contributed by atoms with Crippen LogP contribution >= 0.6 is 0 Å². The summed E-state index contributed by atoms with van der Waals surface area (Å²) in [5, 5.41) is 2.94. The maximum Gasteiger partial charge on any atom is 0.418 e. The predicted octanol–water partition coefficient (Wildman–Crippen LogP) is 5.63.